The molecular formula is C6H10ClNO3S. The topological polar surface area (TPSA) is 67.2 Å². The van der Waals surface area contributed by atoms with Gasteiger partial charge in [0.25, 0.3) is 0 Å². The Bertz CT molecular complexity index is 186. The normalized spacial score (nSPS) is 10.8. The molecule has 70 valence electrons. The number of hydrogen-bond acceptors (Lipinski definition) is 5. The Labute approximate surface area is 81.0 Å². The molecule has 0 rings (SSSR count). The first kappa shape index (κ1) is 14.0. The molecule has 0 saturated carbocycles. The van der Waals surface area contributed by atoms with E-state index in [4.69, 9.17) is 5.41 Å². The fourth-order valence-corrected chi connectivity index (χ4v) is 1.03. The van der Waals surface area contributed by atoms with Crippen LogP contribution in [0, 0.1) is 5.41 Å². The van der Waals surface area contributed by atoms with Crippen molar-refractivity contribution in [3.05, 3.63) is 0 Å². The Kier molecular flexibility index (Phi) is 8.31. The van der Waals surface area contributed by atoms with Gasteiger partial charge in [-0.15, -0.1) is 12.4 Å². The van der Waals surface area contributed by atoms with Crippen molar-refractivity contribution >= 4 is 41.5 Å². The van der Waals surface area contributed by atoms with Crippen LogP contribution in [0.5, 0.6) is 0 Å². The minimum Gasteiger partial charge on any atom is -0.468 e. The third kappa shape index (κ3) is 4.35. The van der Waals surface area contributed by atoms with Crippen LogP contribution in [0.4, 0.5) is 0 Å². The summed E-state index contributed by atoms with van der Waals surface area (Å²) in [7, 11) is 1.21. The standard InChI is InChI=1S/C6H9NO3S.ClH/c1-4(8)5(11-3-7)6(9)10-2;/h3,5,7H,1-2H3;1H. The lowest BCUT2D eigenvalue weighted by Crippen LogP contribution is -2.26. The van der Waals surface area contributed by atoms with Gasteiger partial charge in [0.1, 0.15) is 0 Å². The lowest BCUT2D eigenvalue weighted by atomic mass is 10.3. The van der Waals surface area contributed by atoms with Crippen molar-refractivity contribution in [2.24, 2.45) is 0 Å². The SMILES string of the molecule is COC(=O)C(SC=N)C(C)=O.Cl. The molecule has 0 saturated heterocycles. The van der Waals surface area contributed by atoms with Gasteiger partial charge in [-0.1, -0.05) is 11.8 Å². The number of Topliss-reactive ketones (excluding diaryl/α,β-unsaturated/α-hetero) is 1. The van der Waals surface area contributed by atoms with E-state index in [1.54, 1.807) is 0 Å². The predicted molar refractivity (Wildman–Crippen MR) is 50.1 cm³/mol. The number of ether oxygens (including phenoxy) is 1. The van der Waals surface area contributed by atoms with E-state index in [9.17, 15) is 9.59 Å². The molecule has 0 amide bonds. The average Bonchev–Trinajstić information content (AvgIpc) is 1.98. The maximum absolute atomic E-state index is 10.8. The quantitative estimate of drug-likeness (QED) is 0.325. The van der Waals surface area contributed by atoms with Crippen molar-refractivity contribution in [2.75, 3.05) is 7.11 Å². The van der Waals surface area contributed by atoms with Crippen LogP contribution in [-0.4, -0.2) is 29.7 Å². The maximum Gasteiger partial charge on any atom is 0.326 e. The minimum atomic E-state index is -0.877. The summed E-state index contributed by atoms with van der Waals surface area (Å²) in [5.74, 6) is -0.906. The van der Waals surface area contributed by atoms with Crippen LogP contribution >= 0.6 is 24.2 Å². The second-order valence-electron chi connectivity index (χ2n) is 1.77. The number of hydrogen-bond donors (Lipinski definition) is 1. The Morgan fingerprint density at radius 1 is 1.58 bits per heavy atom. The summed E-state index contributed by atoms with van der Waals surface area (Å²) >= 11 is 0.835. The van der Waals surface area contributed by atoms with Gasteiger partial charge in [0.2, 0.25) is 0 Å². The van der Waals surface area contributed by atoms with Crippen molar-refractivity contribution < 1.29 is 14.3 Å². The number of esters is 1. The summed E-state index contributed by atoms with van der Waals surface area (Å²) < 4.78 is 4.34. The van der Waals surface area contributed by atoms with E-state index < -0.39 is 11.2 Å². The molecule has 4 nitrogen and oxygen atoms in total. The summed E-state index contributed by atoms with van der Waals surface area (Å²) in [6.45, 7) is 1.29. The van der Waals surface area contributed by atoms with Crippen molar-refractivity contribution in [1.29, 1.82) is 5.41 Å². The zero-order valence-corrected chi connectivity index (χ0v) is 8.33. The number of nitrogens with one attached hydrogen (secondary N) is 1. The van der Waals surface area contributed by atoms with Gasteiger partial charge < -0.3 is 10.1 Å². The van der Waals surface area contributed by atoms with Crippen molar-refractivity contribution in [1.82, 2.24) is 0 Å². The summed E-state index contributed by atoms with van der Waals surface area (Å²) in [6.07, 6.45) is 0. The number of rotatable bonds is 4. The van der Waals surface area contributed by atoms with Crippen molar-refractivity contribution in [3.8, 4) is 0 Å². The van der Waals surface area contributed by atoms with Gasteiger partial charge in [0.15, 0.2) is 11.0 Å². The molecule has 0 aliphatic rings. The first-order chi connectivity index (χ1) is 5.13. The van der Waals surface area contributed by atoms with Gasteiger partial charge in [-0.05, 0) is 6.92 Å². The number of carbonyl (C=O) groups excluding carboxylic acids is 2. The molecular weight excluding hydrogens is 202 g/mol. The van der Waals surface area contributed by atoms with E-state index in [1.807, 2.05) is 0 Å². The fourth-order valence-electron chi connectivity index (χ4n) is 0.492. The van der Waals surface area contributed by atoms with Crippen LogP contribution in [0.3, 0.4) is 0 Å². The smallest absolute Gasteiger partial charge is 0.326 e. The molecule has 0 bridgehead atoms. The lowest BCUT2D eigenvalue weighted by molar-refractivity contribution is -0.142. The third-order valence-electron chi connectivity index (χ3n) is 0.989. The van der Waals surface area contributed by atoms with E-state index in [0.717, 1.165) is 17.3 Å². The van der Waals surface area contributed by atoms with Crippen molar-refractivity contribution in [2.45, 2.75) is 12.2 Å². The fraction of sp³-hybridized carbons (Fsp3) is 0.500. The summed E-state index contributed by atoms with van der Waals surface area (Å²) in [6, 6.07) is 0. The highest BCUT2D eigenvalue weighted by Crippen LogP contribution is 2.09. The Morgan fingerprint density at radius 3 is 2.33 bits per heavy atom. The molecule has 0 aliphatic heterocycles. The third-order valence-corrected chi connectivity index (χ3v) is 1.92. The highest BCUT2D eigenvalue weighted by atomic mass is 35.5. The predicted octanol–water partition coefficient (Wildman–Crippen LogP) is 0.879. The zero-order valence-electron chi connectivity index (χ0n) is 6.70. The molecule has 0 spiro atoms. The molecule has 12 heavy (non-hydrogen) atoms. The monoisotopic (exact) mass is 211 g/mol. The van der Waals surface area contributed by atoms with E-state index in [1.165, 1.54) is 14.0 Å². The van der Waals surface area contributed by atoms with E-state index in [2.05, 4.69) is 4.74 Å². The summed E-state index contributed by atoms with van der Waals surface area (Å²) in [5.41, 5.74) is 0.947. The number of methoxy groups -OCH3 is 1. The van der Waals surface area contributed by atoms with Crippen LogP contribution in [0.2, 0.25) is 0 Å². The Morgan fingerprint density at radius 2 is 2.08 bits per heavy atom. The van der Waals surface area contributed by atoms with E-state index in [0.29, 0.717) is 0 Å². The number of halogens is 1. The first-order valence-electron chi connectivity index (χ1n) is 2.86. The van der Waals surface area contributed by atoms with E-state index >= 15 is 0 Å². The Hall–Kier alpha value is -0.550. The van der Waals surface area contributed by atoms with Crippen molar-refractivity contribution in [3.63, 3.8) is 0 Å². The highest BCUT2D eigenvalue weighted by molar-refractivity contribution is 8.13. The number of thioether (sulfide) groups is 1. The molecule has 1 atom stereocenters. The van der Waals surface area contributed by atoms with E-state index in [-0.39, 0.29) is 18.2 Å². The van der Waals surface area contributed by atoms with Gasteiger partial charge in [-0.25, -0.2) is 0 Å². The molecule has 0 heterocycles. The van der Waals surface area contributed by atoms with Gasteiger partial charge in [-0.3, -0.25) is 9.59 Å². The molecule has 0 aromatic rings. The van der Waals surface area contributed by atoms with Crippen LogP contribution in [-0.2, 0) is 14.3 Å². The maximum atomic E-state index is 10.8. The highest BCUT2D eigenvalue weighted by Gasteiger charge is 2.23. The van der Waals surface area contributed by atoms with Gasteiger partial charge in [0, 0.05) is 0 Å². The number of ketones is 1. The summed E-state index contributed by atoms with van der Waals surface area (Å²) in [5, 5.41) is 5.80. The van der Waals surface area contributed by atoms with Gasteiger partial charge in [-0.2, -0.15) is 0 Å². The molecule has 6 heteroatoms. The summed E-state index contributed by atoms with van der Waals surface area (Å²) in [4.78, 5) is 21.5. The van der Waals surface area contributed by atoms with Gasteiger partial charge in [0.05, 0.1) is 12.7 Å². The lowest BCUT2D eigenvalue weighted by Gasteiger charge is -2.06. The molecule has 0 aliphatic carbocycles. The zero-order chi connectivity index (χ0) is 8.85. The van der Waals surface area contributed by atoms with Crippen LogP contribution in [0.15, 0.2) is 0 Å². The number of carbonyl (C=O) groups is 2. The minimum absolute atomic E-state index is 0. The molecule has 0 fully saturated rings. The van der Waals surface area contributed by atoms with Crippen LogP contribution < -0.4 is 0 Å². The Balaban J connectivity index is 0. The second kappa shape index (κ2) is 7.12. The molecule has 1 N–H and O–H groups in total. The first-order valence-corrected chi connectivity index (χ1v) is 3.80. The second-order valence-corrected chi connectivity index (χ2v) is 2.75. The van der Waals surface area contributed by atoms with Crippen LogP contribution in [0.1, 0.15) is 6.92 Å². The van der Waals surface area contributed by atoms with Gasteiger partial charge >= 0.3 is 5.97 Å². The largest absolute Gasteiger partial charge is 0.468 e. The molecule has 0 aromatic heterocycles. The average molecular weight is 212 g/mol. The molecule has 1 unspecified atom stereocenters. The van der Waals surface area contributed by atoms with Crippen LogP contribution in [0.25, 0.3) is 0 Å². The molecule has 0 radical (unpaired) electrons. The molecule has 0 aromatic carbocycles.